The third kappa shape index (κ3) is 5.19. The molecule has 1 aliphatic rings. The molecule has 17 nitrogen and oxygen atoms in total. The van der Waals surface area contributed by atoms with Crippen molar-refractivity contribution in [3.05, 3.63) is 110 Å². The van der Waals surface area contributed by atoms with Gasteiger partial charge in [-0.15, -0.1) is 0 Å². The molecule has 2 N–H and O–H groups in total. The minimum atomic E-state index is -1.27. The minimum absolute atomic E-state index is 0.0148. The van der Waals surface area contributed by atoms with Crippen LogP contribution in [0, 0.1) is 90.6 Å². The van der Waals surface area contributed by atoms with Crippen LogP contribution in [0.2, 0.25) is 0 Å². The van der Waals surface area contributed by atoms with E-state index in [4.69, 9.17) is 0 Å². The molecular weight excluding hydrogens is 659 g/mol. The highest BCUT2D eigenvalue weighted by molar-refractivity contribution is 5.81. The summed E-state index contributed by atoms with van der Waals surface area (Å²) in [7, 11) is 0. The quantitative estimate of drug-likeness (QED) is 0.250. The van der Waals surface area contributed by atoms with E-state index >= 15 is 0 Å². The number of rotatable bonds is 5. The summed E-state index contributed by atoms with van der Waals surface area (Å²) in [6, 6.07) is 26.1. The Morgan fingerprint density at radius 3 is 1.48 bits per heavy atom. The maximum absolute atomic E-state index is 10.4. The smallest absolute Gasteiger partial charge is 0.182 e. The average Bonchev–Trinajstić information content (AvgIpc) is 3.90. The van der Waals surface area contributed by atoms with Gasteiger partial charge in [-0.3, -0.25) is 0 Å². The predicted octanol–water partition coefficient (Wildman–Crippen LogP) is 2.60. The summed E-state index contributed by atoms with van der Waals surface area (Å²) < 4.78 is 0. The Balaban J connectivity index is 1.42. The molecule has 0 aliphatic carbocycles. The lowest BCUT2D eigenvalue weighted by Crippen LogP contribution is -2.21. The first-order valence-electron chi connectivity index (χ1n) is 14.7. The summed E-state index contributed by atoms with van der Waals surface area (Å²) in [5.74, 6) is -2.64. The highest BCUT2D eigenvalue weighted by atomic mass is 15.1. The average molecular weight is 670 g/mol. The van der Waals surface area contributed by atoms with Gasteiger partial charge in [0.2, 0.25) is 0 Å². The van der Waals surface area contributed by atoms with Gasteiger partial charge in [0.15, 0.2) is 40.7 Å². The summed E-state index contributed by atoms with van der Waals surface area (Å²) in [4.78, 5) is 37.3. The highest BCUT2D eigenvalue weighted by Crippen LogP contribution is 2.29. The van der Waals surface area contributed by atoms with Crippen molar-refractivity contribution in [1.29, 1.82) is 42.1 Å². The predicted molar refractivity (Wildman–Crippen MR) is 172 cm³/mol. The molecule has 0 fully saturated rings. The molecule has 52 heavy (non-hydrogen) atoms. The van der Waals surface area contributed by atoms with Crippen LogP contribution >= 0.6 is 0 Å². The van der Waals surface area contributed by atoms with E-state index in [0.717, 1.165) is 0 Å². The van der Waals surface area contributed by atoms with Gasteiger partial charge in [0, 0.05) is 5.56 Å². The lowest BCUT2D eigenvalue weighted by molar-refractivity contribution is 0.759. The lowest BCUT2D eigenvalue weighted by atomic mass is 10.1. The zero-order valence-corrected chi connectivity index (χ0v) is 25.9. The van der Waals surface area contributed by atoms with E-state index in [0.29, 0.717) is 38.3 Å². The Morgan fingerprint density at radius 2 is 1.02 bits per heavy atom. The second-order valence-electron chi connectivity index (χ2n) is 10.9. The number of benzene rings is 3. The van der Waals surface area contributed by atoms with Crippen molar-refractivity contribution in [2.24, 2.45) is 9.98 Å². The lowest BCUT2D eigenvalue weighted by Gasteiger charge is -2.12. The van der Waals surface area contributed by atoms with Crippen LogP contribution < -0.4 is 10.7 Å². The second kappa shape index (κ2) is 12.5. The zero-order chi connectivity index (χ0) is 36.5. The highest BCUT2D eigenvalue weighted by Gasteiger charge is 2.28. The van der Waals surface area contributed by atoms with Crippen molar-refractivity contribution < 1.29 is 0 Å². The molecule has 0 saturated carbocycles. The van der Waals surface area contributed by atoms with Crippen LogP contribution in [0.25, 0.3) is 33.5 Å². The molecule has 7 rings (SSSR count). The Bertz CT molecular complexity index is 2820. The third-order valence-electron chi connectivity index (χ3n) is 7.89. The maximum Gasteiger partial charge on any atom is 0.182 e. The Kier molecular flexibility index (Phi) is 7.55. The molecule has 2 atom stereocenters. The van der Waals surface area contributed by atoms with Gasteiger partial charge in [-0.05, 0) is 42.5 Å². The molecule has 1 aliphatic heterocycles. The molecule has 0 amide bonds. The Morgan fingerprint density at radius 1 is 0.538 bits per heavy atom. The minimum Gasteiger partial charge on any atom is -0.340 e. The van der Waals surface area contributed by atoms with Gasteiger partial charge in [0.25, 0.3) is 0 Å². The van der Waals surface area contributed by atoms with E-state index in [9.17, 15) is 42.1 Å². The van der Waals surface area contributed by atoms with Gasteiger partial charge in [0.1, 0.15) is 48.1 Å². The van der Waals surface area contributed by atoms with E-state index in [2.05, 4.69) is 57.0 Å². The van der Waals surface area contributed by atoms with Crippen LogP contribution in [-0.4, -0.2) is 34.9 Å². The molecule has 2 unspecified atom stereocenters. The number of H-pyrrole nitrogens is 2. The summed E-state index contributed by atoms with van der Waals surface area (Å²) >= 11 is 0. The number of allylic oxidation sites excluding steroid dienone is 1. The molecule has 0 saturated heterocycles. The third-order valence-corrected chi connectivity index (χ3v) is 7.89. The summed E-state index contributed by atoms with van der Waals surface area (Å²) in [6.07, 6.45) is 0. The largest absolute Gasteiger partial charge is 0.340 e. The fourth-order valence-electron chi connectivity index (χ4n) is 5.41. The van der Waals surface area contributed by atoms with Crippen LogP contribution in [-0.2, 0) is 0 Å². The monoisotopic (exact) mass is 669 g/mol. The van der Waals surface area contributed by atoms with E-state index < -0.39 is 11.8 Å². The first-order chi connectivity index (χ1) is 25.3. The van der Waals surface area contributed by atoms with Crippen LogP contribution in [0.4, 0.5) is 0 Å². The standard InChI is InChI=1S/C35H11N17/c36-8-17-4-26-27(5-18(17)9-37)47-32(46-26)22(14-42)34-50-30(16-1-2-24-25(3-16)45-31(44-24)21(12-40)13-41)51-35(52-34)23(15-43)33-48-28-6-19(10-38)20(11-39)7-29(28)49-33/h1-7,22-23H,(H,46,47)(H,48,49). The molecular formula is C35H11N17. The van der Waals surface area contributed by atoms with Gasteiger partial charge < -0.3 is 9.97 Å². The fraction of sp³-hybridized carbons (Fsp3) is 0.0571. The van der Waals surface area contributed by atoms with E-state index in [-0.39, 0.29) is 62.8 Å². The topological polar surface area (TPSA) is 311 Å². The number of nitrogens with one attached hydrogen (secondary N) is 2. The summed E-state index contributed by atoms with van der Waals surface area (Å²) in [6.45, 7) is 0. The number of imidazole rings is 2. The number of aromatic amines is 2. The van der Waals surface area contributed by atoms with Crippen molar-refractivity contribution in [2.75, 3.05) is 0 Å². The van der Waals surface area contributed by atoms with Crippen LogP contribution in [0.15, 0.2) is 63.8 Å². The van der Waals surface area contributed by atoms with Gasteiger partial charge in [0.05, 0.1) is 67.2 Å². The Hall–Kier alpha value is -9.13. The van der Waals surface area contributed by atoms with Gasteiger partial charge in [-0.2, -0.15) is 42.1 Å². The number of fused-ring (bicyclic) bond motifs is 3. The van der Waals surface area contributed by atoms with Crippen molar-refractivity contribution >= 4 is 22.1 Å². The van der Waals surface area contributed by atoms with Crippen LogP contribution in [0.3, 0.4) is 0 Å². The maximum atomic E-state index is 10.4. The van der Waals surface area contributed by atoms with Crippen LogP contribution in [0.5, 0.6) is 0 Å². The fourth-order valence-corrected chi connectivity index (χ4v) is 5.41. The van der Waals surface area contributed by atoms with Gasteiger partial charge in [-0.25, -0.2) is 34.9 Å². The molecule has 6 aromatic rings. The van der Waals surface area contributed by atoms with Gasteiger partial charge in [-0.1, -0.05) is 0 Å². The normalized spacial score (nSPS) is 12.2. The molecule has 0 bridgehead atoms. The van der Waals surface area contributed by atoms with E-state index in [1.165, 1.54) is 24.3 Å². The van der Waals surface area contributed by atoms with Crippen molar-refractivity contribution in [2.45, 2.75) is 11.8 Å². The van der Waals surface area contributed by atoms with Gasteiger partial charge >= 0.3 is 0 Å². The van der Waals surface area contributed by atoms with Crippen LogP contribution in [0.1, 0.15) is 57.4 Å². The molecule has 3 aromatic carbocycles. The van der Waals surface area contributed by atoms with E-state index in [1.54, 1.807) is 30.3 Å². The van der Waals surface area contributed by atoms with E-state index in [1.807, 2.05) is 24.3 Å². The SMILES string of the molecule is N#CC(C#N)=C1N=c2ccc(-c3nc(C(C#N)c4nc5cc(C#N)c(C#N)cc5[nH]4)nc(C(C#N)c4nc5cc(C#N)c(C#N)cc5[nH]4)n3)cc2=N1. The summed E-state index contributed by atoms with van der Waals surface area (Å²) in [5.41, 5.74) is 1.89. The molecule has 0 spiro atoms. The number of aromatic nitrogens is 7. The molecule has 3 aromatic heterocycles. The second-order valence-corrected chi connectivity index (χ2v) is 10.9. The Labute approximate surface area is 290 Å². The van der Waals surface area contributed by atoms with Crippen molar-refractivity contribution in [3.63, 3.8) is 0 Å². The molecule has 4 heterocycles. The number of hydrogen-bond acceptors (Lipinski definition) is 15. The number of nitrogens with zero attached hydrogens (tertiary/aromatic N) is 15. The first-order valence-corrected chi connectivity index (χ1v) is 14.7. The van der Waals surface area contributed by atoms with Crippen molar-refractivity contribution in [3.8, 4) is 59.9 Å². The van der Waals surface area contributed by atoms with Crippen molar-refractivity contribution in [1.82, 2.24) is 34.9 Å². The first kappa shape index (κ1) is 31.5. The zero-order valence-electron chi connectivity index (χ0n) is 25.9. The molecule has 17 heteroatoms. The number of hydrogen-bond donors (Lipinski definition) is 2. The number of nitriles is 8. The molecule has 236 valence electrons. The molecule has 0 radical (unpaired) electrons. The summed E-state index contributed by atoms with van der Waals surface area (Å²) in [5, 5.41) is 78.1.